The number of thiophene rings is 1. The van der Waals surface area contributed by atoms with Crippen LogP contribution in [0.15, 0.2) is 22.0 Å². The molecule has 6 nitrogen and oxygen atoms in total. The number of amides is 3. The Labute approximate surface area is 141 Å². The van der Waals surface area contributed by atoms with E-state index in [0.717, 1.165) is 8.66 Å². The number of carbonyl (C=O) groups excluding carboxylic acids is 3. The van der Waals surface area contributed by atoms with Crippen molar-refractivity contribution in [1.82, 2.24) is 10.6 Å². The van der Waals surface area contributed by atoms with E-state index < -0.39 is 30.1 Å². The number of nitrogens with one attached hydrogen (secondary N) is 2. The quantitative estimate of drug-likeness (QED) is 0.613. The Hall–Kier alpha value is -1.67. The molecule has 0 aliphatic rings. The van der Waals surface area contributed by atoms with E-state index in [0.29, 0.717) is 0 Å². The molecule has 1 aromatic rings. The van der Waals surface area contributed by atoms with E-state index in [1.165, 1.54) is 17.4 Å². The number of rotatable bonds is 4. The van der Waals surface area contributed by atoms with Gasteiger partial charge in [0.25, 0.3) is 5.91 Å². The topological polar surface area (TPSA) is 84.5 Å². The third kappa shape index (κ3) is 7.94. The highest BCUT2D eigenvalue weighted by Gasteiger charge is 2.16. The number of esters is 1. The summed E-state index contributed by atoms with van der Waals surface area (Å²) in [7, 11) is 0. The van der Waals surface area contributed by atoms with Crippen LogP contribution in [-0.4, -0.2) is 30.1 Å². The molecule has 0 aliphatic heterocycles. The zero-order valence-corrected chi connectivity index (χ0v) is 14.8. The van der Waals surface area contributed by atoms with Gasteiger partial charge in [0.1, 0.15) is 0 Å². The van der Waals surface area contributed by atoms with Crippen LogP contribution in [0, 0.1) is 0 Å². The fourth-order valence-corrected chi connectivity index (χ4v) is 2.61. The van der Waals surface area contributed by atoms with Crippen molar-refractivity contribution in [3.05, 3.63) is 26.9 Å². The van der Waals surface area contributed by atoms with Crippen LogP contribution in [0.1, 0.15) is 25.6 Å². The number of halogens is 1. The van der Waals surface area contributed by atoms with Gasteiger partial charge in [-0.15, -0.1) is 11.3 Å². The highest BCUT2D eigenvalue weighted by Crippen LogP contribution is 2.22. The first-order chi connectivity index (χ1) is 10.2. The Morgan fingerprint density at radius 1 is 1.32 bits per heavy atom. The zero-order chi connectivity index (χ0) is 16.8. The molecule has 0 unspecified atom stereocenters. The number of imide groups is 1. The van der Waals surface area contributed by atoms with Crippen molar-refractivity contribution >= 4 is 51.3 Å². The summed E-state index contributed by atoms with van der Waals surface area (Å²) < 4.78 is 5.69. The minimum atomic E-state index is -0.692. The van der Waals surface area contributed by atoms with Crippen molar-refractivity contribution in [1.29, 1.82) is 0 Å². The molecule has 1 aromatic heterocycles. The molecule has 0 fully saturated rings. The van der Waals surface area contributed by atoms with Crippen molar-refractivity contribution in [2.75, 3.05) is 6.61 Å². The standard InChI is InChI=1S/C14H17BrN2O4S/c1-14(2,3)17-13(20)16-11(18)8-21-12(19)7-5-9-4-6-10(15)22-9/h4-7H,8H2,1-3H3,(H2,16,17,18,20)/b7-5+. The Morgan fingerprint density at radius 2 is 2.00 bits per heavy atom. The van der Waals surface area contributed by atoms with Crippen LogP contribution in [0.25, 0.3) is 6.08 Å². The summed E-state index contributed by atoms with van der Waals surface area (Å²) in [5.74, 6) is -1.35. The average molecular weight is 389 g/mol. The molecule has 0 spiro atoms. The second-order valence-electron chi connectivity index (χ2n) is 5.34. The van der Waals surface area contributed by atoms with Gasteiger partial charge in [-0.1, -0.05) is 0 Å². The largest absolute Gasteiger partial charge is 0.452 e. The van der Waals surface area contributed by atoms with Crippen LogP contribution in [-0.2, 0) is 14.3 Å². The average Bonchev–Trinajstić information content (AvgIpc) is 2.77. The molecule has 3 amide bonds. The maximum atomic E-state index is 11.4. The molecular formula is C14H17BrN2O4S. The molecule has 0 aliphatic carbocycles. The molecule has 0 saturated heterocycles. The third-order valence-corrected chi connectivity index (χ3v) is 3.65. The van der Waals surface area contributed by atoms with E-state index in [-0.39, 0.29) is 0 Å². The van der Waals surface area contributed by atoms with Gasteiger partial charge in [0.15, 0.2) is 6.61 Å². The number of ether oxygens (including phenoxy) is 1. The lowest BCUT2D eigenvalue weighted by molar-refractivity contribution is -0.143. The van der Waals surface area contributed by atoms with Gasteiger partial charge in [0.05, 0.1) is 3.79 Å². The molecule has 120 valence electrons. The van der Waals surface area contributed by atoms with Crippen molar-refractivity contribution in [3.63, 3.8) is 0 Å². The fourth-order valence-electron chi connectivity index (χ4n) is 1.29. The van der Waals surface area contributed by atoms with Gasteiger partial charge in [-0.2, -0.15) is 0 Å². The van der Waals surface area contributed by atoms with Gasteiger partial charge >= 0.3 is 12.0 Å². The molecular weight excluding hydrogens is 372 g/mol. The lowest BCUT2D eigenvalue weighted by Gasteiger charge is -2.20. The highest BCUT2D eigenvalue weighted by atomic mass is 79.9. The normalized spacial score (nSPS) is 11.3. The Morgan fingerprint density at radius 3 is 2.55 bits per heavy atom. The first kappa shape index (κ1) is 18.4. The van der Waals surface area contributed by atoms with E-state index >= 15 is 0 Å². The second kappa shape index (κ2) is 8.09. The zero-order valence-electron chi connectivity index (χ0n) is 12.4. The summed E-state index contributed by atoms with van der Waals surface area (Å²) in [5, 5.41) is 4.63. The molecule has 1 rings (SSSR count). The molecule has 0 bridgehead atoms. The number of hydrogen-bond acceptors (Lipinski definition) is 5. The lowest BCUT2D eigenvalue weighted by atomic mass is 10.1. The number of carbonyl (C=O) groups is 3. The minimum Gasteiger partial charge on any atom is -0.452 e. The smallest absolute Gasteiger partial charge is 0.331 e. The van der Waals surface area contributed by atoms with Gasteiger partial charge < -0.3 is 10.1 Å². The van der Waals surface area contributed by atoms with Crippen LogP contribution in [0.3, 0.4) is 0 Å². The maximum absolute atomic E-state index is 11.4. The molecule has 8 heteroatoms. The van der Waals surface area contributed by atoms with Crippen LogP contribution in [0.4, 0.5) is 4.79 Å². The molecule has 2 N–H and O–H groups in total. The van der Waals surface area contributed by atoms with Crippen LogP contribution in [0.2, 0.25) is 0 Å². The Bertz CT molecular complexity index is 590. The summed E-state index contributed by atoms with van der Waals surface area (Å²) in [4.78, 5) is 35.2. The highest BCUT2D eigenvalue weighted by molar-refractivity contribution is 9.11. The summed E-state index contributed by atoms with van der Waals surface area (Å²) in [6.07, 6.45) is 2.81. The fraction of sp³-hybridized carbons (Fsp3) is 0.357. The van der Waals surface area contributed by atoms with E-state index in [9.17, 15) is 14.4 Å². The van der Waals surface area contributed by atoms with E-state index in [1.54, 1.807) is 26.8 Å². The van der Waals surface area contributed by atoms with Gasteiger partial charge in [-0.25, -0.2) is 9.59 Å². The van der Waals surface area contributed by atoms with Crippen LogP contribution >= 0.6 is 27.3 Å². The third-order valence-electron chi connectivity index (χ3n) is 2.06. The van der Waals surface area contributed by atoms with E-state index in [1.807, 2.05) is 12.1 Å². The Balaban J connectivity index is 2.33. The van der Waals surface area contributed by atoms with Crippen molar-refractivity contribution < 1.29 is 19.1 Å². The predicted molar refractivity (Wildman–Crippen MR) is 88.4 cm³/mol. The lowest BCUT2D eigenvalue weighted by Crippen LogP contribution is -2.49. The SMILES string of the molecule is CC(C)(C)NC(=O)NC(=O)COC(=O)/C=C/c1ccc(Br)s1. The van der Waals surface area contributed by atoms with Crippen LogP contribution in [0.5, 0.6) is 0 Å². The van der Waals surface area contributed by atoms with Crippen molar-refractivity contribution in [2.24, 2.45) is 0 Å². The van der Waals surface area contributed by atoms with Crippen LogP contribution < -0.4 is 10.6 Å². The van der Waals surface area contributed by atoms with Gasteiger partial charge in [0.2, 0.25) is 0 Å². The van der Waals surface area contributed by atoms with E-state index in [2.05, 4.69) is 26.6 Å². The monoisotopic (exact) mass is 388 g/mol. The molecule has 0 atom stereocenters. The molecule has 1 heterocycles. The molecule has 0 aromatic carbocycles. The first-order valence-electron chi connectivity index (χ1n) is 6.38. The molecule has 0 radical (unpaired) electrons. The minimum absolute atomic E-state index is 0.460. The molecule has 0 saturated carbocycles. The second-order valence-corrected chi connectivity index (χ2v) is 7.83. The number of hydrogen-bond donors (Lipinski definition) is 2. The molecule has 22 heavy (non-hydrogen) atoms. The van der Waals surface area contributed by atoms with Gasteiger partial charge in [0, 0.05) is 16.5 Å². The summed E-state index contributed by atoms with van der Waals surface area (Å²) in [5.41, 5.74) is -0.460. The van der Waals surface area contributed by atoms with Crippen molar-refractivity contribution in [2.45, 2.75) is 26.3 Å². The summed E-state index contributed by atoms with van der Waals surface area (Å²) >= 11 is 4.77. The summed E-state index contributed by atoms with van der Waals surface area (Å²) in [6, 6.07) is 3.06. The van der Waals surface area contributed by atoms with Gasteiger partial charge in [-0.05, 0) is 54.9 Å². The van der Waals surface area contributed by atoms with E-state index in [4.69, 9.17) is 4.74 Å². The predicted octanol–water partition coefficient (Wildman–Crippen LogP) is 2.69. The number of urea groups is 1. The maximum Gasteiger partial charge on any atom is 0.331 e. The van der Waals surface area contributed by atoms with Gasteiger partial charge in [-0.3, -0.25) is 10.1 Å². The van der Waals surface area contributed by atoms with Crippen molar-refractivity contribution in [3.8, 4) is 0 Å². The first-order valence-corrected chi connectivity index (χ1v) is 7.99. The Kier molecular flexibility index (Phi) is 6.76. The summed E-state index contributed by atoms with van der Waals surface area (Å²) in [6.45, 7) is 4.83.